The fourth-order valence-electron chi connectivity index (χ4n) is 1.74. The van der Waals surface area contributed by atoms with Gasteiger partial charge in [-0.05, 0) is 24.6 Å². The Balaban J connectivity index is 2.32. The number of aromatic hydroxyl groups is 1. The normalized spacial score (nSPS) is 25.5. The molecule has 0 saturated carbocycles. The number of benzene rings is 1. The Hall–Kier alpha value is -1.71. The number of hydrogen-bond acceptors (Lipinski definition) is 3. The number of hydrogen-bond donors (Lipinski definition) is 2. The molecule has 1 aromatic rings. The summed E-state index contributed by atoms with van der Waals surface area (Å²) in [5, 5.41) is 12.1. The summed E-state index contributed by atoms with van der Waals surface area (Å²) in [5.41, 5.74) is 0.438. The first-order valence-electron chi connectivity index (χ1n) is 4.85. The van der Waals surface area contributed by atoms with E-state index in [4.69, 9.17) is 4.74 Å². The Bertz CT molecular complexity index is 391. The van der Waals surface area contributed by atoms with Gasteiger partial charge in [0.05, 0.1) is 12.1 Å². The van der Waals surface area contributed by atoms with Gasteiger partial charge in [-0.3, -0.25) is 0 Å². The molecule has 2 N–H and O–H groups in total. The van der Waals surface area contributed by atoms with Crippen molar-refractivity contribution in [1.29, 1.82) is 0 Å². The third-order valence-electron chi connectivity index (χ3n) is 2.70. The van der Waals surface area contributed by atoms with Crippen molar-refractivity contribution in [2.24, 2.45) is 0 Å². The molecule has 0 aliphatic carbocycles. The van der Waals surface area contributed by atoms with Crippen LogP contribution in [0.5, 0.6) is 5.75 Å². The number of phenols is 1. The predicted octanol–water partition coefficient (Wildman–Crippen LogP) is 1.74. The number of cyclic esters (lactones) is 1. The van der Waals surface area contributed by atoms with E-state index in [1.165, 1.54) is 0 Å². The quantitative estimate of drug-likeness (QED) is 0.737. The van der Waals surface area contributed by atoms with Gasteiger partial charge in [-0.2, -0.15) is 0 Å². The smallest absolute Gasteiger partial charge is 0.407 e. The van der Waals surface area contributed by atoms with Crippen molar-refractivity contribution < 1.29 is 14.6 Å². The lowest BCUT2D eigenvalue weighted by molar-refractivity contribution is 0.0915. The first-order valence-corrected chi connectivity index (χ1v) is 4.85. The largest absolute Gasteiger partial charge is 0.508 e. The van der Waals surface area contributed by atoms with Gasteiger partial charge in [0.2, 0.25) is 0 Å². The third-order valence-corrected chi connectivity index (χ3v) is 2.70. The molecule has 80 valence electrons. The van der Waals surface area contributed by atoms with Crippen molar-refractivity contribution >= 4 is 6.09 Å². The minimum absolute atomic E-state index is 0.203. The highest BCUT2D eigenvalue weighted by molar-refractivity contribution is 5.69. The van der Waals surface area contributed by atoms with Gasteiger partial charge in [-0.1, -0.05) is 12.1 Å². The van der Waals surface area contributed by atoms with Crippen LogP contribution in [-0.4, -0.2) is 17.8 Å². The molecule has 1 saturated heterocycles. The molecule has 1 atom stereocenters. The van der Waals surface area contributed by atoms with Gasteiger partial charge in [0, 0.05) is 6.42 Å². The summed E-state index contributed by atoms with van der Waals surface area (Å²) in [7, 11) is 0. The molecule has 1 heterocycles. The Morgan fingerprint density at radius 1 is 1.53 bits per heavy atom. The van der Waals surface area contributed by atoms with E-state index in [1.54, 1.807) is 18.2 Å². The monoisotopic (exact) mass is 207 g/mol. The van der Waals surface area contributed by atoms with Crippen molar-refractivity contribution in [3.8, 4) is 5.75 Å². The molecule has 2 rings (SSSR count). The molecule has 4 heteroatoms. The van der Waals surface area contributed by atoms with Crippen molar-refractivity contribution in [1.82, 2.24) is 5.32 Å². The highest BCUT2D eigenvalue weighted by Crippen LogP contribution is 2.29. The van der Waals surface area contributed by atoms with Gasteiger partial charge in [-0.15, -0.1) is 0 Å². The average molecular weight is 207 g/mol. The number of amides is 1. The highest BCUT2D eigenvalue weighted by Gasteiger charge is 2.33. The van der Waals surface area contributed by atoms with Crippen LogP contribution < -0.4 is 5.32 Å². The maximum Gasteiger partial charge on any atom is 0.407 e. The molecule has 1 fully saturated rings. The second-order valence-electron chi connectivity index (χ2n) is 3.89. The van der Waals surface area contributed by atoms with Crippen LogP contribution in [0.25, 0.3) is 0 Å². The number of carbonyl (C=O) groups excluding carboxylic acids is 1. The van der Waals surface area contributed by atoms with Gasteiger partial charge in [0.25, 0.3) is 0 Å². The van der Waals surface area contributed by atoms with Crippen LogP contribution in [0.3, 0.4) is 0 Å². The number of ether oxygens (including phenoxy) is 1. The van der Waals surface area contributed by atoms with E-state index in [0.717, 1.165) is 5.56 Å². The zero-order valence-electron chi connectivity index (χ0n) is 8.49. The van der Waals surface area contributed by atoms with Gasteiger partial charge in [0.1, 0.15) is 5.75 Å². The third kappa shape index (κ3) is 1.88. The number of phenolic OH excluding ortho intramolecular Hbond substituents is 1. The lowest BCUT2D eigenvalue weighted by Gasteiger charge is -2.34. The van der Waals surface area contributed by atoms with E-state index in [1.807, 2.05) is 13.0 Å². The Labute approximate surface area is 87.9 Å². The van der Waals surface area contributed by atoms with Crippen molar-refractivity contribution in [3.63, 3.8) is 0 Å². The lowest BCUT2D eigenvalue weighted by Crippen LogP contribution is -2.48. The minimum Gasteiger partial charge on any atom is -0.508 e. The summed E-state index contributed by atoms with van der Waals surface area (Å²) < 4.78 is 4.81. The van der Waals surface area contributed by atoms with Gasteiger partial charge >= 0.3 is 6.09 Å². The van der Waals surface area contributed by atoms with E-state index >= 15 is 0 Å². The standard InChI is InChI=1S/C11H13NO3/c1-11(5-6-15-10(14)12-11)8-3-2-4-9(13)7-8/h2-4,7,13H,5-6H2,1H3,(H,12,14). The van der Waals surface area contributed by atoms with Crippen LogP contribution in [0.1, 0.15) is 18.9 Å². The summed E-state index contributed by atoms with van der Waals surface area (Å²) in [6.45, 7) is 2.32. The molecule has 4 nitrogen and oxygen atoms in total. The molecular formula is C11H13NO3. The molecule has 1 aliphatic heterocycles. The SMILES string of the molecule is CC1(c2cccc(O)c2)CCOC(=O)N1. The van der Waals surface area contributed by atoms with Crippen molar-refractivity contribution in [3.05, 3.63) is 29.8 Å². The maximum atomic E-state index is 11.1. The van der Waals surface area contributed by atoms with Crippen LogP contribution in [0.2, 0.25) is 0 Å². The number of alkyl carbamates (subject to hydrolysis) is 1. The topological polar surface area (TPSA) is 58.6 Å². The molecule has 1 aliphatic rings. The fraction of sp³-hybridized carbons (Fsp3) is 0.364. The minimum atomic E-state index is -0.450. The number of carbonyl (C=O) groups is 1. The van der Waals surface area contributed by atoms with Gasteiger partial charge in [0.15, 0.2) is 0 Å². The average Bonchev–Trinajstić information content (AvgIpc) is 2.17. The maximum absolute atomic E-state index is 11.1. The molecule has 1 unspecified atom stereocenters. The van der Waals surface area contributed by atoms with E-state index in [9.17, 15) is 9.90 Å². The summed E-state index contributed by atoms with van der Waals surface area (Å²) in [6.07, 6.45) is 0.287. The molecular weight excluding hydrogens is 194 g/mol. The second-order valence-corrected chi connectivity index (χ2v) is 3.89. The molecule has 0 radical (unpaired) electrons. The zero-order valence-corrected chi connectivity index (χ0v) is 8.49. The van der Waals surface area contributed by atoms with E-state index < -0.39 is 11.6 Å². The summed E-state index contributed by atoms with van der Waals surface area (Å²) in [4.78, 5) is 11.1. The molecule has 15 heavy (non-hydrogen) atoms. The molecule has 1 aromatic carbocycles. The summed E-state index contributed by atoms with van der Waals surface area (Å²) in [6, 6.07) is 6.91. The number of nitrogens with one attached hydrogen (secondary N) is 1. The summed E-state index contributed by atoms with van der Waals surface area (Å²) in [5.74, 6) is 0.203. The highest BCUT2D eigenvalue weighted by atomic mass is 16.6. The van der Waals surface area contributed by atoms with Crippen molar-refractivity contribution in [2.75, 3.05) is 6.61 Å². The lowest BCUT2D eigenvalue weighted by atomic mass is 9.88. The molecule has 0 spiro atoms. The first kappa shape index (κ1) is 9.83. The summed E-state index contributed by atoms with van der Waals surface area (Å²) >= 11 is 0. The first-order chi connectivity index (χ1) is 7.10. The van der Waals surface area contributed by atoms with Crippen LogP contribution in [0, 0.1) is 0 Å². The van der Waals surface area contributed by atoms with Crippen LogP contribution in [0.15, 0.2) is 24.3 Å². The Kier molecular flexibility index (Phi) is 2.26. The predicted molar refractivity (Wildman–Crippen MR) is 54.6 cm³/mol. The zero-order chi connectivity index (χ0) is 10.9. The van der Waals surface area contributed by atoms with Gasteiger partial charge in [-0.25, -0.2) is 4.79 Å². The van der Waals surface area contributed by atoms with Crippen LogP contribution in [-0.2, 0) is 10.3 Å². The van der Waals surface area contributed by atoms with E-state index in [2.05, 4.69) is 5.32 Å². The van der Waals surface area contributed by atoms with Crippen molar-refractivity contribution in [2.45, 2.75) is 18.9 Å². The van der Waals surface area contributed by atoms with Crippen LogP contribution >= 0.6 is 0 Å². The fourth-order valence-corrected chi connectivity index (χ4v) is 1.74. The molecule has 0 aromatic heterocycles. The number of rotatable bonds is 1. The van der Waals surface area contributed by atoms with E-state index in [-0.39, 0.29) is 5.75 Å². The molecule has 0 bridgehead atoms. The Morgan fingerprint density at radius 2 is 2.33 bits per heavy atom. The van der Waals surface area contributed by atoms with Gasteiger partial charge < -0.3 is 15.2 Å². The van der Waals surface area contributed by atoms with Crippen LogP contribution in [0.4, 0.5) is 4.79 Å². The second kappa shape index (κ2) is 3.46. The molecule has 1 amide bonds. The van der Waals surface area contributed by atoms with E-state index in [0.29, 0.717) is 13.0 Å². The Morgan fingerprint density at radius 3 is 3.00 bits per heavy atom.